The number of rotatable bonds is 10. The second-order valence-electron chi connectivity index (χ2n) is 8.50. The van der Waals surface area contributed by atoms with E-state index in [1.165, 1.54) is 42.3 Å². The Morgan fingerprint density at radius 3 is 2.08 bits per heavy atom. The van der Waals surface area contributed by atoms with E-state index in [4.69, 9.17) is 23.2 Å². The van der Waals surface area contributed by atoms with E-state index in [0.29, 0.717) is 6.42 Å². The molecule has 0 fully saturated rings. The van der Waals surface area contributed by atoms with Crippen LogP contribution in [0.15, 0.2) is 77.7 Å². The molecule has 0 bridgehead atoms. The molecule has 3 rings (SSSR count). The van der Waals surface area contributed by atoms with Crippen LogP contribution in [0.2, 0.25) is 10.0 Å². The Kier molecular flexibility index (Phi) is 9.59. The normalized spacial score (nSPS) is 12.0. The number of nitrogens with one attached hydrogen (secondary N) is 1. The lowest BCUT2D eigenvalue weighted by Crippen LogP contribution is -2.51. The van der Waals surface area contributed by atoms with Gasteiger partial charge < -0.3 is 10.2 Å². The minimum Gasteiger partial charge on any atom is -0.357 e. The molecule has 196 valence electrons. The molecule has 0 spiro atoms. The number of amides is 2. The van der Waals surface area contributed by atoms with Gasteiger partial charge in [-0.15, -0.1) is 0 Å². The summed E-state index contributed by atoms with van der Waals surface area (Å²) in [5, 5.41) is 3.04. The number of hydrogen-bond acceptors (Lipinski definition) is 4. The van der Waals surface area contributed by atoms with Crippen molar-refractivity contribution >= 4 is 50.7 Å². The number of carbonyl (C=O) groups excluding carboxylic acids is 2. The van der Waals surface area contributed by atoms with Gasteiger partial charge in [0.1, 0.15) is 12.6 Å². The maximum atomic E-state index is 13.8. The van der Waals surface area contributed by atoms with Crippen molar-refractivity contribution in [3.05, 3.63) is 94.0 Å². The van der Waals surface area contributed by atoms with E-state index in [1.807, 2.05) is 37.3 Å². The first-order chi connectivity index (χ1) is 17.6. The maximum Gasteiger partial charge on any atom is 0.264 e. The van der Waals surface area contributed by atoms with Crippen LogP contribution in [0.3, 0.4) is 0 Å². The third-order valence-corrected chi connectivity index (χ3v) is 8.08. The summed E-state index contributed by atoms with van der Waals surface area (Å²) in [5.74, 6) is -0.892. The van der Waals surface area contributed by atoms with Crippen molar-refractivity contribution in [2.24, 2.45) is 0 Å². The molecule has 0 aliphatic rings. The number of likely N-dealkylation sites (N-methyl/N-ethyl adjacent to an activating group) is 1. The third-order valence-electron chi connectivity index (χ3n) is 5.85. The first-order valence-corrected chi connectivity index (χ1v) is 13.9. The molecule has 1 N–H and O–H groups in total. The SMILES string of the molecule is CC[C@H](C(=O)NC)N(Cc1ccccc1)C(=O)CN(c1cc(Cl)cc(Cl)c1)S(=O)(=O)c1ccc(C)cc1. The van der Waals surface area contributed by atoms with Crippen LogP contribution in [-0.4, -0.2) is 44.8 Å². The molecule has 37 heavy (non-hydrogen) atoms. The lowest BCUT2D eigenvalue weighted by atomic mass is 10.1. The topological polar surface area (TPSA) is 86.8 Å². The highest BCUT2D eigenvalue weighted by Crippen LogP contribution is 2.30. The number of nitrogens with zero attached hydrogens (tertiary/aromatic N) is 2. The lowest BCUT2D eigenvalue weighted by Gasteiger charge is -2.33. The van der Waals surface area contributed by atoms with Crippen molar-refractivity contribution in [1.82, 2.24) is 10.2 Å². The standard InChI is InChI=1S/C27H29Cl2N3O4S/c1-4-25(27(34)30-3)31(17-20-8-6-5-7-9-20)26(33)18-32(23-15-21(28)14-22(29)16-23)37(35,36)24-12-10-19(2)11-13-24/h5-16,25H,4,17-18H2,1-3H3,(H,30,34)/t25-/m1/s1. The molecule has 3 aromatic rings. The number of anilines is 1. The van der Waals surface area contributed by atoms with Crippen molar-refractivity contribution in [2.75, 3.05) is 17.9 Å². The Morgan fingerprint density at radius 1 is 0.946 bits per heavy atom. The fourth-order valence-electron chi connectivity index (χ4n) is 3.92. The minimum atomic E-state index is -4.20. The van der Waals surface area contributed by atoms with Crippen molar-refractivity contribution in [2.45, 2.75) is 37.8 Å². The van der Waals surface area contributed by atoms with Crippen molar-refractivity contribution in [3.63, 3.8) is 0 Å². The second-order valence-corrected chi connectivity index (χ2v) is 11.2. The fraction of sp³-hybridized carbons (Fsp3) is 0.259. The Bertz CT molecular complexity index is 1330. The summed E-state index contributed by atoms with van der Waals surface area (Å²) in [6.07, 6.45) is 0.339. The molecule has 3 aromatic carbocycles. The molecule has 0 unspecified atom stereocenters. The number of aryl methyl sites for hydroxylation is 1. The predicted molar refractivity (Wildman–Crippen MR) is 147 cm³/mol. The molecule has 0 heterocycles. The van der Waals surface area contributed by atoms with Crippen LogP contribution in [-0.2, 0) is 26.2 Å². The highest BCUT2D eigenvalue weighted by Gasteiger charge is 2.33. The molecule has 0 saturated carbocycles. The largest absolute Gasteiger partial charge is 0.357 e. The van der Waals surface area contributed by atoms with Gasteiger partial charge in [-0.2, -0.15) is 0 Å². The van der Waals surface area contributed by atoms with Crippen LogP contribution >= 0.6 is 23.2 Å². The monoisotopic (exact) mass is 561 g/mol. The van der Waals surface area contributed by atoms with Gasteiger partial charge in [-0.3, -0.25) is 13.9 Å². The summed E-state index contributed by atoms with van der Waals surface area (Å²) >= 11 is 12.4. The van der Waals surface area contributed by atoms with Gasteiger partial charge in [0, 0.05) is 23.6 Å². The Balaban J connectivity index is 2.08. The molecule has 1 atom stereocenters. The predicted octanol–water partition coefficient (Wildman–Crippen LogP) is 5.05. The molecule has 7 nitrogen and oxygen atoms in total. The summed E-state index contributed by atoms with van der Waals surface area (Å²) in [5.41, 5.74) is 1.83. The maximum absolute atomic E-state index is 13.8. The average molecular weight is 563 g/mol. The van der Waals surface area contributed by atoms with Crippen LogP contribution in [0, 0.1) is 6.92 Å². The number of hydrogen-bond donors (Lipinski definition) is 1. The van der Waals surface area contributed by atoms with Crippen LogP contribution in [0.25, 0.3) is 0 Å². The van der Waals surface area contributed by atoms with E-state index < -0.39 is 28.5 Å². The van der Waals surface area contributed by atoms with Gasteiger partial charge in [0.2, 0.25) is 11.8 Å². The van der Waals surface area contributed by atoms with E-state index in [0.717, 1.165) is 15.4 Å². The number of benzene rings is 3. The van der Waals surface area contributed by atoms with Crippen LogP contribution in [0.1, 0.15) is 24.5 Å². The van der Waals surface area contributed by atoms with Gasteiger partial charge in [0.25, 0.3) is 10.0 Å². The van der Waals surface area contributed by atoms with Crippen molar-refractivity contribution in [3.8, 4) is 0 Å². The quantitative estimate of drug-likeness (QED) is 0.375. The van der Waals surface area contributed by atoms with E-state index in [9.17, 15) is 18.0 Å². The molecule has 10 heteroatoms. The van der Waals surface area contributed by atoms with E-state index in [2.05, 4.69) is 5.32 Å². The molecule has 0 saturated heterocycles. The zero-order valence-corrected chi connectivity index (χ0v) is 23.1. The molecular weight excluding hydrogens is 533 g/mol. The third kappa shape index (κ3) is 7.03. The lowest BCUT2D eigenvalue weighted by molar-refractivity contribution is -0.140. The zero-order chi connectivity index (χ0) is 27.2. The molecule has 0 radical (unpaired) electrons. The van der Waals surface area contributed by atoms with Crippen LogP contribution in [0.5, 0.6) is 0 Å². The summed E-state index contributed by atoms with van der Waals surface area (Å²) in [4.78, 5) is 27.9. The van der Waals surface area contributed by atoms with Gasteiger partial charge in [-0.25, -0.2) is 8.42 Å². The Hall–Kier alpha value is -3.07. The Morgan fingerprint density at radius 2 is 1.54 bits per heavy atom. The highest BCUT2D eigenvalue weighted by molar-refractivity contribution is 7.92. The molecule has 0 aromatic heterocycles. The Labute approximate surface area is 228 Å². The molecule has 0 aliphatic heterocycles. The fourth-order valence-corrected chi connectivity index (χ4v) is 5.83. The number of halogens is 2. The van der Waals surface area contributed by atoms with E-state index in [-0.39, 0.29) is 33.1 Å². The van der Waals surface area contributed by atoms with Crippen molar-refractivity contribution < 1.29 is 18.0 Å². The number of sulfonamides is 1. The summed E-state index contributed by atoms with van der Waals surface area (Å²) in [7, 11) is -2.70. The van der Waals surface area contributed by atoms with Gasteiger partial charge in [0.15, 0.2) is 0 Å². The average Bonchev–Trinajstić information content (AvgIpc) is 2.87. The van der Waals surface area contributed by atoms with E-state index in [1.54, 1.807) is 19.1 Å². The van der Waals surface area contributed by atoms with Crippen LogP contribution in [0.4, 0.5) is 5.69 Å². The van der Waals surface area contributed by atoms with Gasteiger partial charge in [-0.05, 0) is 49.2 Å². The first-order valence-electron chi connectivity index (χ1n) is 11.7. The first kappa shape index (κ1) is 28.5. The van der Waals surface area contributed by atoms with E-state index >= 15 is 0 Å². The zero-order valence-electron chi connectivity index (χ0n) is 20.8. The molecule has 0 aliphatic carbocycles. The highest BCUT2D eigenvalue weighted by atomic mass is 35.5. The second kappa shape index (κ2) is 12.4. The summed E-state index contributed by atoms with van der Waals surface area (Å²) in [6, 6.07) is 19.1. The van der Waals surface area contributed by atoms with Gasteiger partial charge >= 0.3 is 0 Å². The van der Waals surface area contributed by atoms with Gasteiger partial charge in [0.05, 0.1) is 10.6 Å². The summed E-state index contributed by atoms with van der Waals surface area (Å²) < 4.78 is 28.6. The molecule has 2 amide bonds. The van der Waals surface area contributed by atoms with Crippen molar-refractivity contribution in [1.29, 1.82) is 0 Å². The summed E-state index contributed by atoms with van der Waals surface area (Å²) in [6.45, 7) is 3.20. The van der Waals surface area contributed by atoms with Crippen LogP contribution < -0.4 is 9.62 Å². The molecular formula is C27H29Cl2N3O4S. The smallest absolute Gasteiger partial charge is 0.264 e. The minimum absolute atomic E-state index is 0.00921. The van der Waals surface area contributed by atoms with Gasteiger partial charge in [-0.1, -0.05) is 78.2 Å². The number of carbonyl (C=O) groups is 2.